The molecule has 1 fully saturated rings. The van der Waals surface area contributed by atoms with Gasteiger partial charge in [-0.2, -0.15) is 0 Å². The van der Waals surface area contributed by atoms with Crippen molar-refractivity contribution in [3.8, 4) is 0 Å². The Hall–Kier alpha value is -3.07. The van der Waals surface area contributed by atoms with Crippen LogP contribution < -0.4 is 16.2 Å². The molecule has 8 nitrogen and oxygen atoms in total. The summed E-state index contributed by atoms with van der Waals surface area (Å²) in [5.41, 5.74) is 2.84. The number of H-pyrrole nitrogens is 1. The summed E-state index contributed by atoms with van der Waals surface area (Å²) >= 11 is 12.6. The second-order valence-corrected chi connectivity index (χ2v) is 10.0. The number of amides is 2. The van der Waals surface area contributed by atoms with E-state index in [1.165, 1.54) is 6.20 Å². The van der Waals surface area contributed by atoms with Crippen LogP contribution in [0.4, 0.5) is 5.69 Å². The first kappa shape index (κ1) is 24.6. The molecule has 2 aromatic carbocycles. The number of carbonyl (C=O) groups excluding carboxylic acids is 2. The monoisotopic (exact) mass is 527 g/mol. The molecule has 3 heterocycles. The van der Waals surface area contributed by atoms with Crippen LogP contribution in [0.1, 0.15) is 34.5 Å². The fourth-order valence-corrected chi connectivity index (χ4v) is 5.80. The van der Waals surface area contributed by atoms with Gasteiger partial charge in [0.15, 0.2) is 0 Å². The number of hydrogen-bond donors (Lipinski definition) is 3. The molecule has 1 atom stereocenters. The van der Waals surface area contributed by atoms with Gasteiger partial charge in [-0.15, -0.1) is 0 Å². The van der Waals surface area contributed by atoms with Gasteiger partial charge in [0.05, 0.1) is 18.2 Å². The summed E-state index contributed by atoms with van der Waals surface area (Å²) in [7, 11) is 0. The van der Waals surface area contributed by atoms with E-state index in [2.05, 4.69) is 15.6 Å². The van der Waals surface area contributed by atoms with E-state index in [9.17, 15) is 14.4 Å². The van der Waals surface area contributed by atoms with Crippen LogP contribution >= 0.6 is 23.2 Å². The number of benzene rings is 2. The van der Waals surface area contributed by atoms with E-state index >= 15 is 0 Å². The molecule has 2 amide bonds. The SMILES string of the molecule is CC1c2c(Cl)cc(Cl)cc2CCN1C(=O)CNc1ccc2c(=O)[nH]cc(C(=O)N3CCNCC3)c2c1. The maximum Gasteiger partial charge on any atom is 0.256 e. The molecule has 3 N–H and O–H groups in total. The Morgan fingerprint density at radius 2 is 1.86 bits per heavy atom. The number of aromatic amines is 1. The highest BCUT2D eigenvalue weighted by Crippen LogP contribution is 2.37. The van der Waals surface area contributed by atoms with E-state index in [1.54, 1.807) is 34.1 Å². The number of carbonyl (C=O) groups is 2. The molecule has 0 radical (unpaired) electrons. The summed E-state index contributed by atoms with van der Waals surface area (Å²) in [5, 5.41) is 8.56. The Morgan fingerprint density at radius 3 is 2.64 bits per heavy atom. The smallest absolute Gasteiger partial charge is 0.256 e. The lowest BCUT2D eigenvalue weighted by atomic mass is 9.93. The first-order chi connectivity index (χ1) is 17.3. The highest BCUT2D eigenvalue weighted by atomic mass is 35.5. The minimum atomic E-state index is -0.262. The molecule has 10 heteroatoms. The van der Waals surface area contributed by atoms with E-state index < -0.39 is 0 Å². The lowest BCUT2D eigenvalue weighted by Crippen LogP contribution is -2.46. The molecule has 1 unspecified atom stereocenters. The van der Waals surface area contributed by atoms with Gasteiger partial charge in [-0.05, 0) is 54.8 Å². The van der Waals surface area contributed by atoms with Gasteiger partial charge in [-0.25, -0.2) is 0 Å². The van der Waals surface area contributed by atoms with Crippen molar-refractivity contribution in [3.05, 3.63) is 73.6 Å². The normalized spacial score (nSPS) is 17.7. The van der Waals surface area contributed by atoms with Gasteiger partial charge in [0, 0.05) is 65.4 Å². The molecule has 0 bridgehead atoms. The van der Waals surface area contributed by atoms with Gasteiger partial charge in [0.25, 0.3) is 11.5 Å². The van der Waals surface area contributed by atoms with Gasteiger partial charge in [0.1, 0.15) is 0 Å². The van der Waals surface area contributed by atoms with E-state index in [1.807, 2.05) is 13.0 Å². The van der Waals surface area contributed by atoms with Gasteiger partial charge in [0.2, 0.25) is 5.91 Å². The molecule has 36 heavy (non-hydrogen) atoms. The van der Waals surface area contributed by atoms with Crippen LogP contribution in [0.25, 0.3) is 10.8 Å². The molecule has 2 aliphatic rings. The average molecular weight is 528 g/mol. The Morgan fingerprint density at radius 1 is 1.08 bits per heavy atom. The number of fused-ring (bicyclic) bond motifs is 2. The fraction of sp³-hybridized carbons (Fsp3) is 0.346. The van der Waals surface area contributed by atoms with Gasteiger partial charge in [-0.1, -0.05) is 23.2 Å². The summed E-state index contributed by atoms with van der Waals surface area (Å²) in [6.45, 7) is 5.30. The molecule has 3 aromatic rings. The van der Waals surface area contributed by atoms with Crippen molar-refractivity contribution in [2.75, 3.05) is 44.6 Å². The Balaban J connectivity index is 1.35. The zero-order valence-electron chi connectivity index (χ0n) is 19.9. The van der Waals surface area contributed by atoms with Crippen molar-refractivity contribution in [3.63, 3.8) is 0 Å². The summed E-state index contributed by atoms with van der Waals surface area (Å²) in [4.78, 5) is 45.0. The molecule has 0 saturated carbocycles. The molecule has 1 aromatic heterocycles. The molecule has 5 rings (SSSR count). The minimum absolute atomic E-state index is 0.0673. The maximum absolute atomic E-state index is 13.2. The predicted molar refractivity (Wildman–Crippen MR) is 142 cm³/mol. The largest absolute Gasteiger partial charge is 0.376 e. The van der Waals surface area contributed by atoms with Gasteiger partial charge < -0.3 is 25.4 Å². The topological polar surface area (TPSA) is 97.5 Å². The van der Waals surface area contributed by atoms with Gasteiger partial charge in [-0.3, -0.25) is 14.4 Å². The van der Waals surface area contributed by atoms with Crippen LogP contribution in [0.2, 0.25) is 10.0 Å². The van der Waals surface area contributed by atoms with E-state index in [0.29, 0.717) is 58.1 Å². The van der Waals surface area contributed by atoms with Crippen LogP contribution in [0.3, 0.4) is 0 Å². The maximum atomic E-state index is 13.2. The first-order valence-electron chi connectivity index (χ1n) is 12.0. The first-order valence-corrected chi connectivity index (χ1v) is 12.8. The number of aromatic nitrogens is 1. The summed E-state index contributed by atoms with van der Waals surface area (Å²) in [6.07, 6.45) is 2.16. The molecular weight excluding hydrogens is 501 g/mol. The van der Waals surface area contributed by atoms with Crippen molar-refractivity contribution in [1.29, 1.82) is 0 Å². The molecular formula is C26H27Cl2N5O3. The third kappa shape index (κ3) is 4.68. The molecule has 2 aliphatic heterocycles. The minimum Gasteiger partial charge on any atom is -0.376 e. The lowest BCUT2D eigenvalue weighted by Gasteiger charge is -2.36. The summed E-state index contributed by atoms with van der Waals surface area (Å²) in [6, 6.07) is 8.64. The number of piperazine rings is 1. The van der Waals surface area contributed by atoms with Crippen molar-refractivity contribution in [1.82, 2.24) is 20.1 Å². The third-order valence-corrected chi connectivity index (χ3v) is 7.52. The van der Waals surface area contributed by atoms with Crippen molar-refractivity contribution >= 4 is 51.5 Å². The third-order valence-electron chi connectivity index (χ3n) is 6.99. The van der Waals surface area contributed by atoms with E-state index in [0.717, 1.165) is 24.2 Å². The highest BCUT2D eigenvalue weighted by Gasteiger charge is 2.29. The number of nitrogens with one attached hydrogen (secondary N) is 3. The number of rotatable bonds is 4. The van der Waals surface area contributed by atoms with Gasteiger partial charge >= 0.3 is 0 Å². The zero-order chi connectivity index (χ0) is 25.4. The van der Waals surface area contributed by atoms with Crippen molar-refractivity contribution in [2.24, 2.45) is 0 Å². The number of halogens is 2. The lowest BCUT2D eigenvalue weighted by molar-refractivity contribution is -0.131. The molecule has 1 saturated heterocycles. The van der Waals surface area contributed by atoms with Crippen LogP contribution in [-0.2, 0) is 11.2 Å². The quantitative estimate of drug-likeness (QED) is 0.482. The second kappa shape index (κ2) is 10.1. The zero-order valence-corrected chi connectivity index (χ0v) is 21.4. The highest BCUT2D eigenvalue weighted by molar-refractivity contribution is 6.35. The van der Waals surface area contributed by atoms with E-state index in [-0.39, 0.29) is 30.0 Å². The van der Waals surface area contributed by atoms with Crippen molar-refractivity contribution < 1.29 is 9.59 Å². The molecule has 188 valence electrons. The Labute approximate surface area is 218 Å². The summed E-state index contributed by atoms with van der Waals surface area (Å²) in [5.74, 6) is -0.189. The van der Waals surface area contributed by atoms with Crippen LogP contribution in [0, 0.1) is 0 Å². The van der Waals surface area contributed by atoms with Crippen molar-refractivity contribution in [2.45, 2.75) is 19.4 Å². The Bertz CT molecular complexity index is 1400. The fourth-order valence-electron chi connectivity index (χ4n) is 5.11. The standard InChI is InChI=1S/C26H27Cl2N5O3/c1-15-24-16(10-17(27)11-22(24)28)4-7-33(15)23(34)14-30-18-2-3-19-20(12-18)21(13-31-25(19)35)26(36)32-8-5-29-6-9-32/h2-3,10-13,15,29-30H,4-9,14H2,1H3,(H,31,35). The van der Waals surface area contributed by atoms with Crippen LogP contribution in [0.15, 0.2) is 41.3 Å². The Kier molecular flexibility index (Phi) is 6.92. The number of hydrogen-bond acceptors (Lipinski definition) is 5. The molecule has 0 spiro atoms. The van der Waals surface area contributed by atoms with Crippen LogP contribution in [0.5, 0.6) is 0 Å². The predicted octanol–water partition coefficient (Wildman–Crippen LogP) is 3.44. The number of nitrogens with zero attached hydrogens (tertiary/aromatic N) is 2. The molecule has 0 aliphatic carbocycles. The second-order valence-electron chi connectivity index (χ2n) is 9.16. The number of anilines is 1. The van der Waals surface area contributed by atoms with Crippen LogP contribution in [-0.4, -0.2) is 65.9 Å². The number of pyridine rings is 1. The summed E-state index contributed by atoms with van der Waals surface area (Å²) < 4.78 is 0. The average Bonchev–Trinajstić information content (AvgIpc) is 2.87. The van der Waals surface area contributed by atoms with E-state index in [4.69, 9.17) is 23.2 Å².